The quantitative estimate of drug-likeness (QED) is 0.789. The fourth-order valence-electron chi connectivity index (χ4n) is 2.71. The highest BCUT2D eigenvalue weighted by atomic mass is 35.5. The molecule has 138 valence electrons. The number of carbonyl (C=O) groups excluding carboxylic acids is 2. The number of hydrogen-bond acceptors (Lipinski definition) is 3. The lowest BCUT2D eigenvalue weighted by Gasteiger charge is -2.32. The number of rotatable bonds is 5. The Hall–Kier alpha value is -1.79. The minimum absolute atomic E-state index is 0.0154. The van der Waals surface area contributed by atoms with Crippen molar-refractivity contribution >= 4 is 23.4 Å². The molecule has 1 aliphatic heterocycles. The van der Waals surface area contributed by atoms with Gasteiger partial charge in [0.25, 0.3) is 11.8 Å². The number of nitrogens with one attached hydrogen (secondary N) is 2. The van der Waals surface area contributed by atoms with Crippen molar-refractivity contribution in [3.05, 3.63) is 29.3 Å². The van der Waals surface area contributed by atoms with Crippen LogP contribution in [0.1, 0.15) is 20.8 Å². The summed E-state index contributed by atoms with van der Waals surface area (Å²) in [5.41, 5.74) is -0.215. The predicted octanol–water partition coefficient (Wildman–Crippen LogP) is 0.361. The Kier molecular flexibility index (Phi) is 6.67. The molecule has 0 unspecified atom stereocenters. The molecule has 2 rings (SSSR count). The van der Waals surface area contributed by atoms with Crippen LogP contribution in [0.5, 0.6) is 5.75 Å². The van der Waals surface area contributed by atoms with E-state index in [0.29, 0.717) is 30.4 Å². The highest BCUT2D eigenvalue weighted by Crippen LogP contribution is 2.15. The number of nitrogens with zero attached hydrogens (tertiary/aromatic N) is 1. The van der Waals surface area contributed by atoms with Gasteiger partial charge in [-0.1, -0.05) is 11.6 Å². The minimum Gasteiger partial charge on any atom is -0.484 e. The predicted molar refractivity (Wildman–Crippen MR) is 97.0 cm³/mol. The topological polar surface area (TPSA) is 63.1 Å². The van der Waals surface area contributed by atoms with Crippen molar-refractivity contribution in [2.24, 2.45) is 0 Å². The molecule has 6 nitrogen and oxygen atoms in total. The van der Waals surface area contributed by atoms with Gasteiger partial charge in [0.15, 0.2) is 13.2 Å². The Morgan fingerprint density at radius 3 is 2.36 bits per heavy atom. The van der Waals surface area contributed by atoms with Crippen molar-refractivity contribution in [1.82, 2.24) is 10.2 Å². The summed E-state index contributed by atoms with van der Waals surface area (Å²) in [5, 5.41) is 3.61. The highest BCUT2D eigenvalue weighted by Gasteiger charge is 2.26. The molecule has 0 spiro atoms. The molecule has 1 fully saturated rings. The van der Waals surface area contributed by atoms with Gasteiger partial charge in [-0.05, 0) is 45.0 Å². The van der Waals surface area contributed by atoms with E-state index < -0.39 is 0 Å². The molecule has 0 saturated carbocycles. The van der Waals surface area contributed by atoms with Gasteiger partial charge in [-0.25, -0.2) is 0 Å². The lowest BCUT2D eigenvalue weighted by Crippen LogP contribution is -3.16. The first-order chi connectivity index (χ1) is 11.7. The van der Waals surface area contributed by atoms with Crippen LogP contribution in [0.4, 0.5) is 0 Å². The highest BCUT2D eigenvalue weighted by molar-refractivity contribution is 6.30. The Labute approximate surface area is 154 Å². The van der Waals surface area contributed by atoms with Gasteiger partial charge in [0.05, 0.1) is 26.2 Å². The van der Waals surface area contributed by atoms with Crippen LogP contribution in [-0.2, 0) is 9.59 Å². The van der Waals surface area contributed by atoms with Gasteiger partial charge < -0.3 is 19.9 Å². The molecule has 25 heavy (non-hydrogen) atoms. The van der Waals surface area contributed by atoms with E-state index in [-0.39, 0.29) is 24.0 Å². The number of amides is 2. The normalized spacial score (nSPS) is 15.8. The lowest BCUT2D eigenvalue weighted by molar-refractivity contribution is -0.896. The summed E-state index contributed by atoms with van der Waals surface area (Å²) in [5.74, 6) is 0.641. The number of hydrogen-bond donors (Lipinski definition) is 2. The van der Waals surface area contributed by atoms with Crippen molar-refractivity contribution in [2.45, 2.75) is 26.3 Å². The lowest BCUT2D eigenvalue weighted by atomic mass is 10.1. The molecular weight excluding hydrogens is 342 g/mol. The van der Waals surface area contributed by atoms with Crippen molar-refractivity contribution in [2.75, 3.05) is 39.3 Å². The first kappa shape index (κ1) is 19.5. The van der Waals surface area contributed by atoms with Crippen LogP contribution in [0.2, 0.25) is 5.02 Å². The van der Waals surface area contributed by atoms with Gasteiger partial charge in [-0.15, -0.1) is 0 Å². The van der Waals surface area contributed by atoms with E-state index in [4.69, 9.17) is 16.3 Å². The second-order valence-electron chi connectivity index (χ2n) is 7.35. The van der Waals surface area contributed by atoms with Crippen LogP contribution in [0.25, 0.3) is 0 Å². The summed E-state index contributed by atoms with van der Waals surface area (Å²) in [6.45, 7) is 9.19. The molecular formula is C18H27ClN3O3+. The summed E-state index contributed by atoms with van der Waals surface area (Å²) in [6, 6.07) is 6.94. The van der Waals surface area contributed by atoms with E-state index in [1.807, 2.05) is 20.8 Å². The summed E-state index contributed by atoms with van der Waals surface area (Å²) >= 11 is 5.82. The number of carbonyl (C=O) groups is 2. The number of ether oxygens (including phenoxy) is 1. The third-order valence-corrected chi connectivity index (χ3v) is 4.18. The van der Waals surface area contributed by atoms with Crippen molar-refractivity contribution in [1.29, 1.82) is 0 Å². The second kappa shape index (κ2) is 8.54. The summed E-state index contributed by atoms with van der Waals surface area (Å²) in [6.07, 6.45) is 0. The Morgan fingerprint density at radius 2 is 1.80 bits per heavy atom. The van der Waals surface area contributed by atoms with Gasteiger partial charge in [0.2, 0.25) is 0 Å². The zero-order valence-electron chi connectivity index (χ0n) is 15.1. The third-order valence-electron chi connectivity index (χ3n) is 3.92. The first-order valence-electron chi connectivity index (χ1n) is 8.54. The first-order valence-corrected chi connectivity index (χ1v) is 8.91. The Morgan fingerprint density at radius 1 is 1.20 bits per heavy atom. The molecule has 7 heteroatoms. The molecule has 2 N–H and O–H groups in total. The molecule has 0 bridgehead atoms. The molecule has 1 saturated heterocycles. The zero-order chi connectivity index (χ0) is 18.4. The SMILES string of the molecule is CC(C)(C)NC(=O)C[NH+]1CCN(C(=O)COc2ccc(Cl)cc2)CC1. The van der Waals surface area contributed by atoms with Crippen molar-refractivity contribution in [3.63, 3.8) is 0 Å². The van der Waals surface area contributed by atoms with Gasteiger partial charge >= 0.3 is 0 Å². The van der Waals surface area contributed by atoms with E-state index in [2.05, 4.69) is 5.32 Å². The Bertz CT molecular complexity index is 591. The van der Waals surface area contributed by atoms with Gasteiger partial charge in [-0.2, -0.15) is 0 Å². The summed E-state index contributed by atoms with van der Waals surface area (Å²) in [4.78, 5) is 27.2. The number of benzene rings is 1. The van der Waals surface area contributed by atoms with Crippen LogP contribution in [-0.4, -0.2) is 61.6 Å². The smallest absolute Gasteiger partial charge is 0.275 e. The van der Waals surface area contributed by atoms with E-state index in [9.17, 15) is 9.59 Å². The number of quaternary nitrogens is 1. The Balaban J connectivity index is 1.71. The van der Waals surface area contributed by atoms with E-state index >= 15 is 0 Å². The molecule has 1 aromatic carbocycles. The standard InChI is InChI=1S/C18H26ClN3O3/c1-18(2,3)20-16(23)12-21-8-10-22(11-9-21)17(24)13-25-15-6-4-14(19)5-7-15/h4-7H,8-13H2,1-3H3,(H,20,23)/p+1. The fourth-order valence-corrected chi connectivity index (χ4v) is 2.83. The molecule has 0 aliphatic carbocycles. The zero-order valence-corrected chi connectivity index (χ0v) is 15.9. The summed E-state index contributed by atoms with van der Waals surface area (Å²) < 4.78 is 5.50. The molecule has 1 aromatic rings. The molecule has 1 heterocycles. The van der Waals surface area contributed by atoms with E-state index in [1.165, 1.54) is 4.90 Å². The van der Waals surface area contributed by atoms with Crippen molar-refractivity contribution in [3.8, 4) is 5.75 Å². The van der Waals surface area contributed by atoms with Gasteiger partial charge in [0, 0.05) is 10.6 Å². The van der Waals surface area contributed by atoms with E-state index in [0.717, 1.165) is 13.1 Å². The largest absolute Gasteiger partial charge is 0.484 e. The van der Waals surface area contributed by atoms with Crippen LogP contribution in [0.3, 0.4) is 0 Å². The average Bonchev–Trinajstić information content (AvgIpc) is 2.53. The van der Waals surface area contributed by atoms with E-state index in [1.54, 1.807) is 29.2 Å². The van der Waals surface area contributed by atoms with Gasteiger partial charge in [0.1, 0.15) is 5.75 Å². The maximum Gasteiger partial charge on any atom is 0.275 e. The fraction of sp³-hybridized carbons (Fsp3) is 0.556. The third kappa shape index (κ3) is 6.92. The summed E-state index contributed by atoms with van der Waals surface area (Å²) in [7, 11) is 0. The number of piperazine rings is 1. The van der Waals surface area contributed by atoms with Crippen LogP contribution in [0.15, 0.2) is 24.3 Å². The monoisotopic (exact) mass is 368 g/mol. The average molecular weight is 369 g/mol. The number of halogens is 1. The second-order valence-corrected chi connectivity index (χ2v) is 7.78. The van der Waals surface area contributed by atoms with Crippen LogP contribution >= 0.6 is 11.6 Å². The maximum atomic E-state index is 12.2. The maximum absolute atomic E-state index is 12.2. The van der Waals surface area contributed by atoms with Crippen molar-refractivity contribution < 1.29 is 19.2 Å². The molecule has 0 radical (unpaired) electrons. The molecule has 0 atom stereocenters. The van der Waals surface area contributed by atoms with Crippen LogP contribution < -0.4 is 15.0 Å². The minimum atomic E-state index is -0.215. The molecule has 0 aromatic heterocycles. The van der Waals surface area contributed by atoms with Crippen LogP contribution in [0, 0.1) is 0 Å². The van der Waals surface area contributed by atoms with Gasteiger partial charge in [-0.3, -0.25) is 9.59 Å². The molecule has 1 aliphatic rings. The molecule has 2 amide bonds.